The van der Waals surface area contributed by atoms with E-state index in [1.54, 1.807) is 30.6 Å². The maximum absolute atomic E-state index is 14.0. The number of rotatable bonds is 18. The number of hydrogen-bond acceptors (Lipinski definition) is 9. The number of urea groups is 1. The van der Waals surface area contributed by atoms with Gasteiger partial charge in [-0.3, -0.25) is 4.79 Å². The molecule has 0 aliphatic rings. The predicted octanol–water partition coefficient (Wildman–Crippen LogP) is 6.37. The van der Waals surface area contributed by atoms with Gasteiger partial charge in [-0.2, -0.15) is 0 Å². The van der Waals surface area contributed by atoms with Crippen molar-refractivity contribution in [2.24, 2.45) is 5.92 Å². The number of benzene rings is 3. The van der Waals surface area contributed by atoms with E-state index in [4.69, 9.17) is 9.72 Å². The first-order valence-corrected chi connectivity index (χ1v) is 19.7. The summed E-state index contributed by atoms with van der Waals surface area (Å²) < 4.78 is 9.48. The molecule has 4 amide bonds. The van der Waals surface area contributed by atoms with Crippen LogP contribution in [0.1, 0.15) is 52.5 Å². The highest BCUT2D eigenvalue weighted by Gasteiger charge is 2.31. The molecule has 0 aliphatic heterocycles. The summed E-state index contributed by atoms with van der Waals surface area (Å²) in [7, 11) is 1.68. The van der Waals surface area contributed by atoms with Gasteiger partial charge in [-0.15, -0.1) is 11.3 Å². The Labute approximate surface area is 325 Å². The van der Waals surface area contributed by atoms with Crippen molar-refractivity contribution >= 4 is 40.9 Å². The van der Waals surface area contributed by atoms with Crippen molar-refractivity contribution in [2.45, 2.75) is 76.9 Å². The summed E-state index contributed by atoms with van der Waals surface area (Å²) in [6.45, 7) is 4.10. The summed E-state index contributed by atoms with van der Waals surface area (Å²) in [5, 5.41) is 23.5. The van der Waals surface area contributed by atoms with Crippen LogP contribution in [0.5, 0.6) is 0 Å². The third kappa shape index (κ3) is 12.8. The third-order valence-corrected chi connectivity index (χ3v) is 10.5. The lowest BCUT2D eigenvalue weighted by molar-refractivity contribution is -0.124. The topological polar surface area (TPSA) is 146 Å². The van der Waals surface area contributed by atoms with E-state index in [9.17, 15) is 19.5 Å². The summed E-state index contributed by atoms with van der Waals surface area (Å²) in [4.78, 5) is 47.4. The standard InChI is InChI=1S/C41H48N6O5S2/c1-28(2)38(46-40(50)47(3)25-33-27-53-37(43-33)23-31-17-11-6-12-18-31)39(49)44-32(21-29-13-7-4-8-14-29)24-36(48)35(22-30-15-9-5-10-16-30)45-41(51)52-26-34-19-20-42-54-34/h4-20,27-28,32,35-36,38,48H,21-26H2,1-3H3,(H,44,49)(H,45,51)(H,46,50)/t32-,35-,36-,38-/m0/s1. The Kier molecular flexibility index (Phi) is 15.1. The van der Waals surface area contributed by atoms with Crippen LogP contribution in [0, 0.1) is 5.92 Å². The van der Waals surface area contributed by atoms with E-state index in [0.717, 1.165) is 33.1 Å². The second-order valence-corrected chi connectivity index (χ2v) is 15.5. The number of aromatic nitrogens is 2. The highest BCUT2D eigenvalue weighted by Crippen LogP contribution is 2.18. The molecule has 54 heavy (non-hydrogen) atoms. The summed E-state index contributed by atoms with van der Waals surface area (Å²) in [6, 6.07) is 28.6. The van der Waals surface area contributed by atoms with Crippen LogP contribution in [-0.2, 0) is 41.9 Å². The van der Waals surface area contributed by atoms with E-state index >= 15 is 0 Å². The minimum atomic E-state index is -1.06. The van der Waals surface area contributed by atoms with E-state index in [1.807, 2.05) is 98.1 Å². The third-order valence-electron chi connectivity index (χ3n) is 8.87. The van der Waals surface area contributed by atoms with Crippen LogP contribution in [0.3, 0.4) is 0 Å². The van der Waals surface area contributed by atoms with Crippen LogP contribution >= 0.6 is 22.9 Å². The number of alkyl carbamates (subject to hydrolysis) is 1. The first-order valence-electron chi connectivity index (χ1n) is 18.0. The fourth-order valence-electron chi connectivity index (χ4n) is 6.00. The molecule has 11 nitrogen and oxygen atoms in total. The smallest absolute Gasteiger partial charge is 0.407 e. The number of aliphatic hydroxyl groups excluding tert-OH is 1. The quantitative estimate of drug-likeness (QED) is 0.0811. The fourth-order valence-corrected chi connectivity index (χ4v) is 7.31. The molecular formula is C41H48N6O5S2. The highest BCUT2D eigenvalue weighted by atomic mass is 32.1. The molecular weight excluding hydrogens is 721 g/mol. The number of thiazole rings is 1. The zero-order valence-electron chi connectivity index (χ0n) is 30.8. The molecule has 4 N–H and O–H groups in total. The maximum Gasteiger partial charge on any atom is 0.407 e. The van der Waals surface area contributed by atoms with Gasteiger partial charge in [-0.05, 0) is 59.5 Å². The number of carbonyl (C=O) groups is 3. The van der Waals surface area contributed by atoms with Gasteiger partial charge in [-0.25, -0.2) is 18.9 Å². The fraction of sp³-hybridized carbons (Fsp3) is 0.341. The minimum Gasteiger partial charge on any atom is -0.444 e. The SMILES string of the molecule is CC(C)[C@H](NC(=O)N(C)Cc1csc(Cc2ccccc2)n1)C(=O)N[C@@H](Cc1ccccc1)C[C@H](O)[C@H](Cc1ccccc1)NC(=O)OCc1ccns1. The van der Waals surface area contributed by atoms with Crippen LogP contribution in [0.25, 0.3) is 0 Å². The average molecular weight is 769 g/mol. The largest absolute Gasteiger partial charge is 0.444 e. The molecule has 0 aliphatic carbocycles. The van der Waals surface area contributed by atoms with Gasteiger partial charge in [0.1, 0.15) is 12.6 Å². The van der Waals surface area contributed by atoms with Gasteiger partial charge < -0.3 is 30.7 Å². The average Bonchev–Trinajstić information content (AvgIpc) is 3.86. The lowest BCUT2D eigenvalue weighted by Gasteiger charge is -2.30. The van der Waals surface area contributed by atoms with Crippen molar-refractivity contribution in [3.63, 3.8) is 0 Å². The van der Waals surface area contributed by atoms with Gasteiger partial charge in [0.15, 0.2) is 0 Å². The van der Waals surface area contributed by atoms with Crippen molar-refractivity contribution in [2.75, 3.05) is 7.05 Å². The summed E-state index contributed by atoms with van der Waals surface area (Å²) in [5.74, 6) is -0.600. The van der Waals surface area contributed by atoms with Crippen LogP contribution in [0.15, 0.2) is 109 Å². The zero-order valence-corrected chi connectivity index (χ0v) is 32.4. The second kappa shape index (κ2) is 20.4. The van der Waals surface area contributed by atoms with E-state index < -0.39 is 36.4 Å². The van der Waals surface area contributed by atoms with E-state index in [1.165, 1.54) is 22.0 Å². The lowest BCUT2D eigenvalue weighted by atomic mass is 9.93. The van der Waals surface area contributed by atoms with E-state index in [-0.39, 0.29) is 31.4 Å². The summed E-state index contributed by atoms with van der Waals surface area (Å²) in [5.41, 5.74) is 3.83. The summed E-state index contributed by atoms with van der Waals surface area (Å²) >= 11 is 2.80. The number of ether oxygens (including phenoxy) is 1. The van der Waals surface area contributed by atoms with Crippen LogP contribution in [0.2, 0.25) is 0 Å². The Hall–Kier alpha value is -5.11. The summed E-state index contributed by atoms with van der Waals surface area (Å²) in [6.07, 6.45) is 1.53. The Bertz CT molecular complexity index is 1880. The van der Waals surface area contributed by atoms with Crippen LogP contribution in [0.4, 0.5) is 9.59 Å². The van der Waals surface area contributed by atoms with Crippen molar-refractivity contribution in [3.05, 3.63) is 141 Å². The molecule has 5 rings (SSSR count). The molecule has 0 radical (unpaired) electrons. The van der Waals surface area contributed by atoms with Crippen LogP contribution < -0.4 is 16.0 Å². The van der Waals surface area contributed by atoms with Crippen molar-refractivity contribution in [1.29, 1.82) is 0 Å². The maximum atomic E-state index is 14.0. The van der Waals surface area contributed by atoms with Crippen molar-refractivity contribution in [3.8, 4) is 0 Å². The zero-order chi connectivity index (χ0) is 38.3. The molecule has 0 saturated carbocycles. The lowest BCUT2D eigenvalue weighted by Crippen LogP contribution is -2.55. The molecule has 0 saturated heterocycles. The highest BCUT2D eigenvalue weighted by molar-refractivity contribution is 7.09. The van der Waals surface area contributed by atoms with Gasteiger partial charge >= 0.3 is 12.1 Å². The van der Waals surface area contributed by atoms with Crippen molar-refractivity contribution in [1.82, 2.24) is 30.2 Å². The monoisotopic (exact) mass is 768 g/mol. The molecule has 4 atom stereocenters. The number of nitrogens with zero attached hydrogens (tertiary/aromatic N) is 3. The Morgan fingerprint density at radius 1 is 0.833 bits per heavy atom. The first kappa shape index (κ1) is 40.1. The molecule has 0 bridgehead atoms. The van der Waals surface area contributed by atoms with Gasteiger partial charge in [0.05, 0.1) is 34.3 Å². The number of amides is 4. The number of hydrogen-bond donors (Lipinski definition) is 4. The second-order valence-electron chi connectivity index (χ2n) is 13.6. The molecule has 3 aromatic carbocycles. The molecule has 284 valence electrons. The molecule has 5 aromatic rings. The van der Waals surface area contributed by atoms with Gasteiger partial charge in [0, 0.05) is 31.1 Å². The van der Waals surface area contributed by atoms with Gasteiger partial charge in [0.2, 0.25) is 5.91 Å². The Morgan fingerprint density at radius 2 is 1.46 bits per heavy atom. The predicted molar refractivity (Wildman–Crippen MR) is 212 cm³/mol. The molecule has 0 spiro atoms. The molecule has 2 heterocycles. The van der Waals surface area contributed by atoms with Gasteiger partial charge in [0.25, 0.3) is 0 Å². The van der Waals surface area contributed by atoms with E-state index in [2.05, 4.69) is 32.5 Å². The minimum absolute atomic E-state index is 0.0634. The Morgan fingerprint density at radius 3 is 2.07 bits per heavy atom. The van der Waals surface area contributed by atoms with Crippen molar-refractivity contribution < 1.29 is 24.2 Å². The van der Waals surface area contributed by atoms with E-state index in [0.29, 0.717) is 12.8 Å². The number of nitrogens with one attached hydrogen (secondary N) is 3. The number of carbonyl (C=O) groups excluding carboxylic acids is 3. The molecule has 2 aromatic heterocycles. The molecule has 13 heteroatoms. The molecule has 0 fully saturated rings. The first-order chi connectivity index (χ1) is 26.1. The number of aliphatic hydroxyl groups is 1. The van der Waals surface area contributed by atoms with Crippen LogP contribution in [-0.4, -0.2) is 68.7 Å². The normalized spacial score (nSPS) is 13.4. The Balaban J connectivity index is 1.24. The molecule has 0 unspecified atom stereocenters. The van der Waals surface area contributed by atoms with Gasteiger partial charge in [-0.1, -0.05) is 105 Å².